The second kappa shape index (κ2) is 7.66. The second-order valence-electron chi connectivity index (χ2n) is 6.24. The number of hydrogen-bond acceptors (Lipinski definition) is 6. The molecule has 2 heterocycles. The highest BCUT2D eigenvalue weighted by molar-refractivity contribution is 7.89. The van der Waals surface area contributed by atoms with E-state index >= 15 is 0 Å². The molecule has 1 unspecified atom stereocenters. The fourth-order valence-electron chi connectivity index (χ4n) is 2.94. The molecule has 3 rings (SSSR count). The maximum Gasteiger partial charge on any atom is 0.243 e. The summed E-state index contributed by atoms with van der Waals surface area (Å²) in [5.41, 5.74) is 1.07. The average molecular weight is 390 g/mol. The number of ketones is 1. The molecule has 0 saturated carbocycles. The largest absolute Gasteiger partial charge is 0.292 e. The molecule has 1 atom stereocenters. The average Bonchev–Trinajstić information content (AvgIpc) is 3.09. The minimum Gasteiger partial charge on any atom is -0.292 e. The number of carbonyl (C=O) groups is 1. The lowest BCUT2D eigenvalue weighted by Crippen LogP contribution is -2.35. The van der Waals surface area contributed by atoms with Crippen molar-refractivity contribution < 1.29 is 13.2 Å². The van der Waals surface area contributed by atoms with Crippen LogP contribution in [0.5, 0.6) is 0 Å². The number of benzene rings is 1. The van der Waals surface area contributed by atoms with E-state index in [2.05, 4.69) is 4.98 Å². The van der Waals surface area contributed by atoms with Crippen molar-refractivity contribution >= 4 is 27.1 Å². The molecule has 2 aromatic rings. The quantitative estimate of drug-likeness (QED) is 0.733. The Labute approximate surface area is 157 Å². The standard InChI is InChI=1S/C18H19N3O3S2/c1-13-12-25-18(20-13)16(11-19)17(22)14-5-7-15(8-6-14)26(23,24)21-9-3-2-4-10-21/h5-8,12,16H,2-4,9-10H2,1H3. The molecule has 1 aliphatic heterocycles. The van der Waals surface area contributed by atoms with Gasteiger partial charge in [-0.05, 0) is 31.9 Å². The third kappa shape index (κ3) is 3.70. The molecule has 0 aliphatic carbocycles. The molecule has 26 heavy (non-hydrogen) atoms. The van der Waals surface area contributed by atoms with Crippen LogP contribution in [0.2, 0.25) is 0 Å². The highest BCUT2D eigenvalue weighted by Gasteiger charge is 2.28. The molecular formula is C18H19N3O3S2. The van der Waals surface area contributed by atoms with E-state index in [9.17, 15) is 18.5 Å². The number of nitriles is 1. The van der Waals surface area contributed by atoms with Crippen molar-refractivity contribution in [2.45, 2.75) is 37.0 Å². The zero-order chi connectivity index (χ0) is 18.7. The van der Waals surface area contributed by atoms with Gasteiger partial charge in [-0.2, -0.15) is 9.57 Å². The summed E-state index contributed by atoms with van der Waals surface area (Å²) in [7, 11) is -3.53. The Bertz CT molecular complexity index is 937. The molecule has 1 saturated heterocycles. The Balaban J connectivity index is 1.82. The summed E-state index contributed by atoms with van der Waals surface area (Å²) < 4.78 is 26.8. The first-order valence-electron chi connectivity index (χ1n) is 8.39. The molecule has 1 fully saturated rings. The van der Waals surface area contributed by atoms with Crippen molar-refractivity contribution in [1.29, 1.82) is 5.26 Å². The summed E-state index contributed by atoms with van der Waals surface area (Å²) >= 11 is 1.27. The molecule has 136 valence electrons. The molecule has 0 spiro atoms. The van der Waals surface area contributed by atoms with E-state index in [0.29, 0.717) is 23.7 Å². The lowest BCUT2D eigenvalue weighted by Gasteiger charge is -2.25. The van der Waals surface area contributed by atoms with Crippen LogP contribution in [-0.4, -0.2) is 36.6 Å². The molecule has 1 aromatic carbocycles. The molecule has 0 amide bonds. The van der Waals surface area contributed by atoms with Crippen LogP contribution in [0.3, 0.4) is 0 Å². The minimum atomic E-state index is -3.53. The Morgan fingerprint density at radius 2 is 1.88 bits per heavy atom. The van der Waals surface area contributed by atoms with Gasteiger partial charge in [0, 0.05) is 29.7 Å². The number of Topliss-reactive ketones (excluding diaryl/α,β-unsaturated/α-hetero) is 1. The van der Waals surface area contributed by atoms with Gasteiger partial charge in [-0.3, -0.25) is 4.79 Å². The van der Waals surface area contributed by atoms with Gasteiger partial charge in [-0.1, -0.05) is 18.6 Å². The number of hydrogen-bond donors (Lipinski definition) is 0. The van der Waals surface area contributed by atoms with Crippen molar-refractivity contribution in [3.63, 3.8) is 0 Å². The Kier molecular flexibility index (Phi) is 5.51. The summed E-state index contributed by atoms with van der Waals surface area (Å²) in [5.74, 6) is -1.35. The topological polar surface area (TPSA) is 91.1 Å². The van der Waals surface area contributed by atoms with Crippen molar-refractivity contribution in [3.05, 3.63) is 45.9 Å². The zero-order valence-corrected chi connectivity index (χ0v) is 16.0. The van der Waals surface area contributed by atoms with E-state index in [-0.39, 0.29) is 10.7 Å². The van der Waals surface area contributed by atoms with E-state index < -0.39 is 15.9 Å². The van der Waals surface area contributed by atoms with Crippen LogP contribution in [0.4, 0.5) is 0 Å². The van der Waals surface area contributed by atoms with Gasteiger partial charge in [0.1, 0.15) is 5.01 Å². The fourth-order valence-corrected chi connectivity index (χ4v) is 5.30. The summed E-state index contributed by atoms with van der Waals surface area (Å²) in [6.45, 7) is 2.87. The molecule has 1 aromatic heterocycles. The molecule has 0 radical (unpaired) electrons. The van der Waals surface area contributed by atoms with Gasteiger partial charge in [0.25, 0.3) is 0 Å². The Morgan fingerprint density at radius 1 is 1.23 bits per heavy atom. The van der Waals surface area contributed by atoms with Gasteiger partial charge in [0.05, 0.1) is 11.0 Å². The molecule has 0 bridgehead atoms. The molecular weight excluding hydrogens is 370 g/mol. The number of aromatic nitrogens is 1. The van der Waals surface area contributed by atoms with E-state index in [1.807, 2.05) is 6.07 Å². The van der Waals surface area contributed by atoms with Gasteiger partial charge >= 0.3 is 0 Å². The number of thiazole rings is 1. The van der Waals surface area contributed by atoms with Gasteiger partial charge in [-0.25, -0.2) is 13.4 Å². The molecule has 8 heteroatoms. The van der Waals surface area contributed by atoms with Gasteiger partial charge in [-0.15, -0.1) is 11.3 Å². The minimum absolute atomic E-state index is 0.176. The van der Waals surface area contributed by atoms with Crippen LogP contribution in [0, 0.1) is 18.3 Å². The van der Waals surface area contributed by atoms with Crippen LogP contribution in [-0.2, 0) is 10.0 Å². The first-order valence-corrected chi connectivity index (χ1v) is 10.7. The van der Waals surface area contributed by atoms with Gasteiger partial charge < -0.3 is 0 Å². The number of nitrogens with zero attached hydrogens (tertiary/aromatic N) is 3. The monoisotopic (exact) mass is 389 g/mol. The van der Waals surface area contributed by atoms with E-state index in [1.54, 1.807) is 12.3 Å². The second-order valence-corrected chi connectivity index (χ2v) is 9.07. The van der Waals surface area contributed by atoms with Crippen molar-refractivity contribution in [2.24, 2.45) is 0 Å². The highest BCUT2D eigenvalue weighted by Crippen LogP contribution is 2.25. The molecule has 0 N–H and O–H groups in total. The normalized spacial score (nSPS) is 16.8. The van der Waals surface area contributed by atoms with Crippen LogP contribution < -0.4 is 0 Å². The fraction of sp³-hybridized carbons (Fsp3) is 0.389. The van der Waals surface area contributed by atoms with Gasteiger partial charge in [0.15, 0.2) is 11.7 Å². The van der Waals surface area contributed by atoms with Crippen molar-refractivity contribution in [2.75, 3.05) is 13.1 Å². The SMILES string of the molecule is Cc1csc(C(C#N)C(=O)c2ccc(S(=O)(=O)N3CCCCC3)cc2)n1. The summed E-state index contributed by atoms with van der Waals surface area (Å²) in [5, 5.41) is 11.6. The van der Waals surface area contributed by atoms with Gasteiger partial charge in [0.2, 0.25) is 10.0 Å². The number of carbonyl (C=O) groups excluding carboxylic acids is 1. The number of sulfonamides is 1. The molecule has 6 nitrogen and oxygen atoms in total. The van der Waals surface area contributed by atoms with E-state index in [4.69, 9.17) is 0 Å². The van der Waals surface area contributed by atoms with Crippen molar-refractivity contribution in [1.82, 2.24) is 9.29 Å². The summed E-state index contributed by atoms with van der Waals surface area (Å²) in [6.07, 6.45) is 2.78. The van der Waals surface area contributed by atoms with Crippen LogP contribution in [0.25, 0.3) is 0 Å². The maximum atomic E-state index is 12.7. The maximum absolute atomic E-state index is 12.7. The third-order valence-electron chi connectivity index (χ3n) is 4.37. The Hall–Kier alpha value is -2.08. The zero-order valence-electron chi connectivity index (χ0n) is 14.4. The smallest absolute Gasteiger partial charge is 0.243 e. The van der Waals surface area contributed by atoms with Crippen LogP contribution in [0.15, 0.2) is 34.5 Å². The number of rotatable bonds is 5. The van der Waals surface area contributed by atoms with Crippen LogP contribution >= 0.6 is 11.3 Å². The first-order chi connectivity index (χ1) is 12.4. The molecule has 1 aliphatic rings. The van der Waals surface area contributed by atoms with Crippen molar-refractivity contribution in [3.8, 4) is 6.07 Å². The number of piperidine rings is 1. The summed E-state index contributed by atoms with van der Waals surface area (Å²) in [6, 6.07) is 7.84. The van der Waals surface area contributed by atoms with E-state index in [1.165, 1.54) is 39.9 Å². The lowest BCUT2D eigenvalue weighted by molar-refractivity contribution is 0.0978. The van der Waals surface area contributed by atoms with E-state index in [0.717, 1.165) is 25.0 Å². The van der Waals surface area contributed by atoms with Crippen LogP contribution in [0.1, 0.15) is 46.2 Å². The predicted molar refractivity (Wildman–Crippen MR) is 98.6 cm³/mol. The first kappa shape index (κ1) is 18.7. The Morgan fingerprint density at radius 3 is 2.42 bits per heavy atom. The third-order valence-corrected chi connectivity index (χ3v) is 7.31. The predicted octanol–water partition coefficient (Wildman–Crippen LogP) is 3.12. The highest BCUT2D eigenvalue weighted by atomic mass is 32.2. The number of aryl methyl sites for hydroxylation is 1. The lowest BCUT2D eigenvalue weighted by atomic mass is 9.99. The summed E-state index contributed by atoms with van der Waals surface area (Å²) in [4.78, 5) is 17.0.